The fraction of sp³-hybridized carbons (Fsp3) is 0.600. The second-order valence-corrected chi connectivity index (χ2v) is 4.42. The van der Waals surface area contributed by atoms with Crippen LogP contribution in [0.2, 0.25) is 0 Å². The molecule has 1 unspecified atom stereocenters. The molecule has 0 saturated carbocycles. The second kappa shape index (κ2) is 4.74. The third kappa shape index (κ3) is 2.79. The van der Waals surface area contributed by atoms with Gasteiger partial charge in [0.25, 0.3) is 0 Å². The lowest BCUT2D eigenvalue weighted by Crippen LogP contribution is -2.26. The van der Waals surface area contributed by atoms with Gasteiger partial charge in [-0.15, -0.1) is 11.3 Å². The highest BCUT2D eigenvalue weighted by molar-refractivity contribution is 7.09. The monoisotopic (exact) mass is 197 g/mol. The minimum Gasteiger partial charge on any atom is -0.374 e. The van der Waals surface area contributed by atoms with Crippen molar-refractivity contribution in [1.82, 2.24) is 5.32 Å². The van der Waals surface area contributed by atoms with Crippen LogP contribution in [0.25, 0.3) is 0 Å². The first-order valence-corrected chi connectivity index (χ1v) is 5.66. The topological polar surface area (TPSA) is 21.3 Å². The van der Waals surface area contributed by atoms with E-state index in [9.17, 15) is 0 Å². The van der Waals surface area contributed by atoms with E-state index in [2.05, 4.69) is 22.8 Å². The van der Waals surface area contributed by atoms with Gasteiger partial charge in [-0.25, -0.2) is 0 Å². The van der Waals surface area contributed by atoms with Crippen molar-refractivity contribution in [2.45, 2.75) is 25.5 Å². The summed E-state index contributed by atoms with van der Waals surface area (Å²) in [5.41, 5.74) is 0. The zero-order chi connectivity index (χ0) is 8.93. The van der Waals surface area contributed by atoms with Gasteiger partial charge >= 0.3 is 0 Å². The SMILES string of the molecule is c1csc(COCC2CCCN2)c1. The molecule has 0 spiro atoms. The third-order valence-electron chi connectivity index (χ3n) is 2.31. The van der Waals surface area contributed by atoms with Crippen molar-refractivity contribution in [3.05, 3.63) is 22.4 Å². The van der Waals surface area contributed by atoms with Crippen molar-refractivity contribution in [3.8, 4) is 0 Å². The van der Waals surface area contributed by atoms with Crippen LogP contribution in [-0.4, -0.2) is 19.2 Å². The van der Waals surface area contributed by atoms with Gasteiger partial charge in [-0.3, -0.25) is 0 Å². The first kappa shape index (κ1) is 9.19. The Morgan fingerprint density at radius 2 is 2.62 bits per heavy atom. The molecule has 0 aliphatic carbocycles. The second-order valence-electron chi connectivity index (χ2n) is 3.39. The highest BCUT2D eigenvalue weighted by Gasteiger charge is 2.13. The van der Waals surface area contributed by atoms with Gasteiger partial charge in [-0.2, -0.15) is 0 Å². The molecular weight excluding hydrogens is 182 g/mol. The van der Waals surface area contributed by atoms with Gasteiger partial charge in [-0.05, 0) is 30.8 Å². The van der Waals surface area contributed by atoms with Gasteiger partial charge in [0.2, 0.25) is 0 Å². The molecule has 0 bridgehead atoms. The van der Waals surface area contributed by atoms with Gasteiger partial charge in [0, 0.05) is 10.9 Å². The van der Waals surface area contributed by atoms with Crippen LogP contribution in [0.3, 0.4) is 0 Å². The maximum absolute atomic E-state index is 5.61. The number of hydrogen-bond acceptors (Lipinski definition) is 3. The Bertz CT molecular complexity index is 229. The van der Waals surface area contributed by atoms with E-state index in [4.69, 9.17) is 4.74 Å². The average molecular weight is 197 g/mol. The van der Waals surface area contributed by atoms with Gasteiger partial charge in [-0.1, -0.05) is 6.07 Å². The first-order chi connectivity index (χ1) is 6.45. The number of ether oxygens (including phenoxy) is 1. The quantitative estimate of drug-likeness (QED) is 0.797. The van der Waals surface area contributed by atoms with E-state index in [0.717, 1.165) is 19.8 Å². The number of rotatable bonds is 4. The van der Waals surface area contributed by atoms with Crippen LogP contribution in [0.15, 0.2) is 17.5 Å². The fourth-order valence-corrected chi connectivity index (χ4v) is 2.24. The summed E-state index contributed by atoms with van der Waals surface area (Å²) < 4.78 is 5.61. The van der Waals surface area contributed by atoms with Crippen LogP contribution < -0.4 is 5.32 Å². The molecular formula is C10H15NOS. The molecule has 1 fully saturated rings. The zero-order valence-electron chi connectivity index (χ0n) is 7.66. The Kier molecular flexibility index (Phi) is 3.35. The lowest BCUT2D eigenvalue weighted by atomic mass is 10.2. The summed E-state index contributed by atoms with van der Waals surface area (Å²) >= 11 is 1.76. The zero-order valence-corrected chi connectivity index (χ0v) is 8.48. The molecule has 3 heteroatoms. The van der Waals surface area contributed by atoms with Gasteiger partial charge in [0.15, 0.2) is 0 Å². The molecule has 72 valence electrons. The largest absolute Gasteiger partial charge is 0.374 e. The minimum absolute atomic E-state index is 0.597. The van der Waals surface area contributed by atoms with Gasteiger partial charge in [0.1, 0.15) is 0 Å². The minimum atomic E-state index is 0.597. The standard InChI is InChI=1S/C10H15NOS/c1-3-9(11-5-1)7-12-8-10-4-2-6-13-10/h2,4,6,9,11H,1,3,5,7-8H2. The molecule has 13 heavy (non-hydrogen) atoms. The van der Waals surface area contributed by atoms with E-state index in [1.807, 2.05) is 0 Å². The van der Waals surface area contributed by atoms with Crippen LogP contribution >= 0.6 is 11.3 Å². The Hall–Kier alpha value is -0.380. The molecule has 1 aliphatic rings. The molecule has 0 amide bonds. The van der Waals surface area contributed by atoms with E-state index in [1.54, 1.807) is 11.3 Å². The summed E-state index contributed by atoms with van der Waals surface area (Å²) in [4.78, 5) is 1.32. The molecule has 1 aromatic heterocycles. The number of nitrogens with one attached hydrogen (secondary N) is 1. The fourth-order valence-electron chi connectivity index (χ4n) is 1.60. The van der Waals surface area contributed by atoms with Crippen LogP contribution in [0.1, 0.15) is 17.7 Å². The summed E-state index contributed by atoms with van der Waals surface area (Å²) in [7, 11) is 0. The normalized spacial score (nSPS) is 22.3. The Morgan fingerprint density at radius 3 is 3.31 bits per heavy atom. The average Bonchev–Trinajstić information content (AvgIpc) is 2.75. The van der Waals surface area contributed by atoms with E-state index in [-0.39, 0.29) is 0 Å². The smallest absolute Gasteiger partial charge is 0.0810 e. The van der Waals surface area contributed by atoms with E-state index < -0.39 is 0 Å². The molecule has 1 atom stereocenters. The van der Waals surface area contributed by atoms with Crippen LogP contribution in [0, 0.1) is 0 Å². The van der Waals surface area contributed by atoms with Crippen LogP contribution in [-0.2, 0) is 11.3 Å². The van der Waals surface area contributed by atoms with Crippen molar-refractivity contribution < 1.29 is 4.74 Å². The molecule has 2 rings (SSSR count). The van der Waals surface area contributed by atoms with Crippen LogP contribution in [0.5, 0.6) is 0 Å². The van der Waals surface area contributed by atoms with E-state index >= 15 is 0 Å². The summed E-state index contributed by atoms with van der Waals surface area (Å²) in [5, 5.41) is 5.50. The van der Waals surface area contributed by atoms with E-state index in [0.29, 0.717) is 6.04 Å². The molecule has 0 aromatic carbocycles. The Morgan fingerprint density at radius 1 is 1.62 bits per heavy atom. The maximum atomic E-state index is 5.61. The number of thiophene rings is 1. The van der Waals surface area contributed by atoms with Gasteiger partial charge in [0.05, 0.1) is 13.2 Å². The predicted octanol–water partition coefficient (Wildman–Crippen LogP) is 2.02. The lowest BCUT2D eigenvalue weighted by molar-refractivity contribution is 0.105. The lowest BCUT2D eigenvalue weighted by Gasteiger charge is -2.09. The summed E-state index contributed by atoms with van der Waals surface area (Å²) in [6.45, 7) is 2.79. The summed E-state index contributed by atoms with van der Waals surface area (Å²) in [6, 6.07) is 4.78. The van der Waals surface area contributed by atoms with Crippen molar-refractivity contribution in [3.63, 3.8) is 0 Å². The van der Waals surface area contributed by atoms with Crippen molar-refractivity contribution in [1.29, 1.82) is 0 Å². The van der Waals surface area contributed by atoms with Crippen molar-refractivity contribution in [2.75, 3.05) is 13.2 Å². The molecule has 2 nitrogen and oxygen atoms in total. The van der Waals surface area contributed by atoms with E-state index in [1.165, 1.54) is 17.7 Å². The van der Waals surface area contributed by atoms with Crippen LogP contribution in [0.4, 0.5) is 0 Å². The molecule has 1 aromatic rings. The molecule has 1 saturated heterocycles. The van der Waals surface area contributed by atoms with Crippen molar-refractivity contribution in [2.24, 2.45) is 0 Å². The summed E-state index contributed by atoms with van der Waals surface area (Å²) in [6.07, 6.45) is 2.57. The Balaban J connectivity index is 1.63. The first-order valence-electron chi connectivity index (χ1n) is 4.78. The molecule has 2 heterocycles. The molecule has 1 aliphatic heterocycles. The third-order valence-corrected chi connectivity index (χ3v) is 3.16. The molecule has 1 N–H and O–H groups in total. The predicted molar refractivity (Wildman–Crippen MR) is 55.0 cm³/mol. The highest BCUT2D eigenvalue weighted by Crippen LogP contribution is 2.11. The summed E-state index contributed by atoms with van der Waals surface area (Å²) in [5.74, 6) is 0. The highest BCUT2D eigenvalue weighted by atomic mass is 32.1. The van der Waals surface area contributed by atoms with Gasteiger partial charge < -0.3 is 10.1 Å². The molecule has 0 radical (unpaired) electrons. The van der Waals surface area contributed by atoms with Crippen molar-refractivity contribution >= 4 is 11.3 Å². The Labute approximate surface area is 82.9 Å². The maximum Gasteiger partial charge on any atom is 0.0810 e. The number of hydrogen-bond donors (Lipinski definition) is 1.